The fraction of sp³-hybridized carbons (Fsp3) is 0.294. The fourth-order valence-electron chi connectivity index (χ4n) is 2.22. The largest absolute Gasteiger partial charge is 0.0843 e. The summed E-state index contributed by atoms with van der Waals surface area (Å²) >= 11 is 6.01. The third-order valence-electron chi connectivity index (χ3n) is 2.93. The zero-order chi connectivity index (χ0) is 13.0. The maximum absolute atomic E-state index is 6.01. The molecule has 2 aromatic rings. The molecule has 0 spiro atoms. The van der Waals surface area contributed by atoms with Gasteiger partial charge < -0.3 is 0 Å². The number of benzene rings is 2. The molecule has 0 fully saturated rings. The molecule has 0 aromatic heterocycles. The van der Waals surface area contributed by atoms with Crippen molar-refractivity contribution in [3.63, 3.8) is 0 Å². The summed E-state index contributed by atoms with van der Waals surface area (Å²) in [6, 6.07) is 16.9. The number of hydrogen-bond donors (Lipinski definition) is 0. The zero-order valence-electron chi connectivity index (χ0n) is 11.0. The van der Waals surface area contributed by atoms with Crippen LogP contribution in [0.3, 0.4) is 0 Å². The molecule has 0 saturated heterocycles. The van der Waals surface area contributed by atoms with Crippen molar-refractivity contribution in [3.8, 4) is 0 Å². The summed E-state index contributed by atoms with van der Waals surface area (Å²) in [7, 11) is 0. The minimum absolute atomic E-state index is 0.700. The molecule has 2 aromatic carbocycles. The lowest BCUT2D eigenvalue weighted by Gasteiger charge is -2.08. The van der Waals surface area contributed by atoms with Crippen LogP contribution in [0.2, 0.25) is 5.02 Å². The van der Waals surface area contributed by atoms with Crippen LogP contribution in [0, 0.1) is 5.92 Å². The van der Waals surface area contributed by atoms with Crippen molar-refractivity contribution >= 4 is 11.6 Å². The van der Waals surface area contributed by atoms with Crippen molar-refractivity contribution in [2.24, 2.45) is 5.92 Å². The van der Waals surface area contributed by atoms with Crippen LogP contribution in [-0.4, -0.2) is 0 Å². The van der Waals surface area contributed by atoms with E-state index >= 15 is 0 Å². The zero-order valence-corrected chi connectivity index (χ0v) is 11.7. The number of halogens is 1. The molecule has 18 heavy (non-hydrogen) atoms. The van der Waals surface area contributed by atoms with E-state index in [9.17, 15) is 0 Å². The van der Waals surface area contributed by atoms with Gasteiger partial charge >= 0.3 is 0 Å². The average molecular weight is 259 g/mol. The van der Waals surface area contributed by atoms with Crippen LogP contribution in [0.25, 0.3) is 0 Å². The lowest BCUT2D eigenvalue weighted by Crippen LogP contribution is -1.95. The summed E-state index contributed by atoms with van der Waals surface area (Å²) in [6.07, 6.45) is 2.09. The Balaban J connectivity index is 2.14. The van der Waals surface area contributed by atoms with Gasteiger partial charge in [0.05, 0.1) is 0 Å². The highest BCUT2D eigenvalue weighted by Gasteiger charge is 2.01. The standard InChI is InChI=1S/C17H19Cl/c1-13(2)9-14-5-3-6-15(10-14)11-16-7-4-8-17(18)12-16/h3-8,10,12-13H,9,11H2,1-2H3. The van der Waals surface area contributed by atoms with Crippen LogP contribution < -0.4 is 0 Å². The lowest BCUT2D eigenvalue weighted by atomic mass is 9.98. The first-order valence-electron chi connectivity index (χ1n) is 6.46. The topological polar surface area (TPSA) is 0 Å². The Labute approximate surface area is 115 Å². The third kappa shape index (κ3) is 3.89. The molecule has 0 heterocycles. The van der Waals surface area contributed by atoms with Crippen LogP contribution in [0.4, 0.5) is 0 Å². The maximum atomic E-state index is 6.01. The summed E-state index contributed by atoms with van der Waals surface area (Å²) < 4.78 is 0. The van der Waals surface area contributed by atoms with Crippen molar-refractivity contribution in [3.05, 3.63) is 70.2 Å². The van der Waals surface area contributed by atoms with Gasteiger partial charge in [-0.3, -0.25) is 0 Å². The minimum atomic E-state index is 0.700. The van der Waals surface area contributed by atoms with E-state index in [0.717, 1.165) is 17.9 Å². The summed E-state index contributed by atoms with van der Waals surface area (Å²) in [5.74, 6) is 0.700. The van der Waals surface area contributed by atoms with Crippen LogP contribution in [0.5, 0.6) is 0 Å². The molecule has 0 aliphatic carbocycles. The molecule has 0 nitrogen and oxygen atoms in total. The lowest BCUT2D eigenvalue weighted by molar-refractivity contribution is 0.647. The smallest absolute Gasteiger partial charge is 0.0408 e. The summed E-state index contributed by atoms with van der Waals surface area (Å²) in [4.78, 5) is 0. The van der Waals surface area contributed by atoms with Crippen molar-refractivity contribution in [2.75, 3.05) is 0 Å². The predicted octanol–water partition coefficient (Wildman–Crippen LogP) is 5.13. The van der Waals surface area contributed by atoms with Crippen LogP contribution in [0.1, 0.15) is 30.5 Å². The Bertz CT molecular complexity index is 515. The van der Waals surface area contributed by atoms with Crippen LogP contribution >= 0.6 is 11.6 Å². The van der Waals surface area contributed by atoms with Gasteiger partial charge in [-0.05, 0) is 47.6 Å². The first-order valence-corrected chi connectivity index (χ1v) is 6.83. The first kappa shape index (κ1) is 13.2. The van der Waals surface area contributed by atoms with E-state index < -0.39 is 0 Å². The Morgan fingerprint density at radius 3 is 2.17 bits per heavy atom. The molecule has 0 radical (unpaired) electrons. The highest BCUT2D eigenvalue weighted by atomic mass is 35.5. The van der Waals surface area contributed by atoms with Gasteiger partial charge in [-0.25, -0.2) is 0 Å². The monoisotopic (exact) mass is 258 g/mol. The van der Waals surface area contributed by atoms with Crippen molar-refractivity contribution in [2.45, 2.75) is 26.7 Å². The van der Waals surface area contributed by atoms with E-state index in [4.69, 9.17) is 11.6 Å². The van der Waals surface area contributed by atoms with E-state index in [1.807, 2.05) is 18.2 Å². The van der Waals surface area contributed by atoms with Gasteiger partial charge in [0.15, 0.2) is 0 Å². The second kappa shape index (κ2) is 6.06. The SMILES string of the molecule is CC(C)Cc1cccc(Cc2cccc(Cl)c2)c1. The molecule has 0 saturated carbocycles. The molecular formula is C17H19Cl. The molecule has 1 heteroatoms. The molecule has 2 rings (SSSR count). The number of rotatable bonds is 4. The van der Waals surface area contributed by atoms with Gasteiger partial charge in [0, 0.05) is 5.02 Å². The fourth-order valence-corrected chi connectivity index (χ4v) is 2.43. The molecule has 0 bridgehead atoms. The van der Waals surface area contributed by atoms with E-state index in [1.165, 1.54) is 16.7 Å². The van der Waals surface area contributed by atoms with Crippen molar-refractivity contribution < 1.29 is 0 Å². The van der Waals surface area contributed by atoms with E-state index in [0.29, 0.717) is 5.92 Å². The molecule has 0 N–H and O–H groups in total. The quantitative estimate of drug-likeness (QED) is 0.713. The van der Waals surface area contributed by atoms with Gasteiger partial charge in [0.2, 0.25) is 0 Å². The normalized spacial score (nSPS) is 10.9. The van der Waals surface area contributed by atoms with Gasteiger partial charge in [-0.15, -0.1) is 0 Å². The molecular weight excluding hydrogens is 240 g/mol. The molecule has 94 valence electrons. The maximum Gasteiger partial charge on any atom is 0.0408 e. The predicted molar refractivity (Wildman–Crippen MR) is 79.2 cm³/mol. The Morgan fingerprint density at radius 1 is 0.889 bits per heavy atom. The molecule has 0 unspecified atom stereocenters. The first-order chi connectivity index (χ1) is 8.63. The van der Waals surface area contributed by atoms with Crippen LogP contribution in [0.15, 0.2) is 48.5 Å². The highest BCUT2D eigenvalue weighted by Crippen LogP contribution is 2.17. The third-order valence-corrected chi connectivity index (χ3v) is 3.17. The Morgan fingerprint density at radius 2 is 1.50 bits per heavy atom. The van der Waals surface area contributed by atoms with Crippen LogP contribution in [-0.2, 0) is 12.8 Å². The molecule has 0 atom stereocenters. The van der Waals surface area contributed by atoms with E-state index in [-0.39, 0.29) is 0 Å². The second-order valence-corrected chi connectivity index (χ2v) is 5.66. The van der Waals surface area contributed by atoms with Gasteiger partial charge in [-0.1, -0.05) is 61.8 Å². The Kier molecular flexibility index (Phi) is 4.43. The summed E-state index contributed by atoms with van der Waals surface area (Å²) in [5, 5.41) is 0.811. The second-order valence-electron chi connectivity index (χ2n) is 5.22. The van der Waals surface area contributed by atoms with E-state index in [1.54, 1.807) is 0 Å². The number of hydrogen-bond acceptors (Lipinski definition) is 0. The van der Waals surface area contributed by atoms with Gasteiger partial charge in [-0.2, -0.15) is 0 Å². The Hall–Kier alpha value is -1.27. The summed E-state index contributed by atoms with van der Waals surface area (Å²) in [5.41, 5.74) is 4.05. The average Bonchev–Trinajstić information content (AvgIpc) is 2.28. The highest BCUT2D eigenvalue weighted by molar-refractivity contribution is 6.30. The summed E-state index contributed by atoms with van der Waals surface area (Å²) in [6.45, 7) is 4.51. The van der Waals surface area contributed by atoms with Crippen molar-refractivity contribution in [1.82, 2.24) is 0 Å². The van der Waals surface area contributed by atoms with Crippen molar-refractivity contribution in [1.29, 1.82) is 0 Å². The van der Waals surface area contributed by atoms with Gasteiger partial charge in [0.1, 0.15) is 0 Å². The molecule has 0 aliphatic rings. The van der Waals surface area contributed by atoms with Gasteiger partial charge in [0.25, 0.3) is 0 Å². The van der Waals surface area contributed by atoms with E-state index in [2.05, 4.69) is 44.2 Å². The minimum Gasteiger partial charge on any atom is -0.0843 e. The molecule has 0 aliphatic heterocycles. The molecule has 0 amide bonds.